The molecule has 2 saturated heterocycles. The Labute approximate surface area is 160 Å². The largest absolute Gasteiger partial charge is 0.381 e. The van der Waals surface area contributed by atoms with Crippen molar-refractivity contribution in [2.45, 2.75) is 58.0 Å². The van der Waals surface area contributed by atoms with Crippen molar-refractivity contribution in [2.24, 2.45) is 11.7 Å². The van der Waals surface area contributed by atoms with Gasteiger partial charge in [0.15, 0.2) is 0 Å². The van der Waals surface area contributed by atoms with Crippen LogP contribution in [0.3, 0.4) is 0 Å². The van der Waals surface area contributed by atoms with Crippen molar-refractivity contribution in [1.29, 1.82) is 0 Å². The monoisotopic (exact) mass is 380 g/mol. The minimum absolute atomic E-state index is 0.0335. The Morgan fingerprint density at radius 1 is 1.27 bits per heavy atom. The van der Waals surface area contributed by atoms with Crippen LogP contribution < -0.4 is 11.1 Å². The number of hydrogen-bond acceptors (Lipinski definition) is 6. The van der Waals surface area contributed by atoms with Crippen LogP contribution in [-0.2, 0) is 16.0 Å². The molecule has 0 saturated carbocycles. The van der Waals surface area contributed by atoms with Crippen molar-refractivity contribution >= 4 is 17.2 Å². The summed E-state index contributed by atoms with van der Waals surface area (Å²) in [5.41, 5.74) is 7.37. The molecule has 3 heterocycles. The third kappa shape index (κ3) is 5.25. The highest BCUT2D eigenvalue weighted by Gasteiger charge is 2.31. The van der Waals surface area contributed by atoms with Crippen LogP contribution >= 0.6 is 11.3 Å². The molecule has 2 atom stereocenters. The second-order valence-corrected chi connectivity index (χ2v) is 8.91. The molecule has 3 rings (SSSR count). The Bertz CT molecular complexity index is 581. The predicted octanol–water partition coefficient (Wildman–Crippen LogP) is 1.64. The number of nitrogens with two attached hydrogens (primary N) is 1. The number of aromatic nitrogens is 1. The summed E-state index contributed by atoms with van der Waals surface area (Å²) in [7, 11) is 0. The molecule has 26 heavy (non-hydrogen) atoms. The van der Waals surface area contributed by atoms with Crippen LogP contribution in [0.1, 0.15) is 41.3 Å². The summed E-state index contributed by atoms with van der Waals surface area (Å²) in [6, 6.07) is 0.668. The lowest BCUT2D eigenvalue weighted by Crippen LogP contribution is -2.47. The second kappa shape index (κ2) is 9.26. The highest BCUT2D eigenvalue weighted by molar-refractivity contribution is 7.11. The molecule has 0 radical (unpaired) electrons. The molecule has 2 aliphatic heterocycles. The Kier molecular flexibility index (Phi) is 7.03. The van der Waals surface area contributed by atoms with Gasteiger partial charge in [-0.3, -0.25) is 9.69 Å². The van der Waals surface area contributed by atoms with Crippen LogP contribution in [0.5, 0.6) is 0 Å². The number of thiazole rings is 1. The molecule has 6 nitrogen and oxygen atoms in total. The number of amides is 1. The quantitative estimate of drug-likeness (QED) is 0.812. The molecule has 2 fully saturated rings. The number of likely N-dealkylation sites (tertiary alicyclic amines) is 1. The lowest BCUT2D eigenvalue weighted by atomic mass is 10.0. The number of nitrogens with one attached hydrogen (secondary N) is 1. The molecule has 0 spiro atoms. The number of ether oxygens (including phenoxy) is 1. The van der Waals surface area contributed by atoms with Gasteiger partial charge in [-0.25, -0.2) is 4.98 Å². The zero-order valence-corrected chi connectivity index (χ0v) is 16.8. The normalized spacial score (nSPS) is 25.8. The molecular formula is C19H32N4O2S. The number of rotatable bonds is 5. The molecule has 146 valence electrons. The molecule has 0 aromatic carbocycles. The maximum absolute atomic E-state index is 12.7. The first-order chi connectivity index (χ1) is 12.5. The average molecular weight is 381 g/mol. The van der Waals surface area contributed by atoms with Gasteiger partial charge in [-0.2, -0.15) is 0 Å². The van der Waals surface area contributed by atoms with E-state index in [0.717, 1.165) is 69.1 Å². The van der Waals surface area contributed by atoms with Crippen LogP contribution in [0.4, 0.5) is 0 Å². The number of carbonyl (C=O) groups excluding carboxylic acids is 1. The summed E-state index contributed by atoms with van der Waals surface area (Å²) in [5.74, 6) is 0.201. The first-order valence-electron chi connectivity index (χ1n) is 9.81. The summed E-state index contributed by atoms with van der Waals surface area (Å²) in [5, 5.41) is 4.23. The van der Waals surface area contributed by atoms with Crippen molar-refractivity contribution < 1.29 is 9.53 Å². The fraction of sp³-hybridized carbons (Fsp3) is 0.789. The molecule has 1 amide bonds. The van der Waals surface area contributed by atoms with Crippen molar-refractivity contribution in [3.63, 3.8) is 0 Å². The van der Waals surface area contributed by atoms with Gasteiger partial charge in [0.05, 0.1) is 16.6 Å². The Balaban J connectivity index is 1.51. The van der Waals surface area contributed by atoms with Gasteiger partial charge in [0.25, 0.3) is 0 Å². The van der Waals surface area contributed by atoms with E-state index in [-0.39, 0.29) is 17.9 Å². The van der Waals surface area contributed by atoms with Crippen LogP contribution in [0, 0.1) is 19.8 Å². The van der Waals surface area contributed by atoms with E-state index in [1.807, 2.05) is 6.92 Å². The third-order valence-electron chi connectivity index (χ3n) is 5.60. The van der Waals surface area contributed by atoms with E-state index >= 15 is 0 Å². The van der Waals surface area contributed by atoms with Gasteiger partial charge in [0.2, 0.25) is 5.91 Å². The molecule has 0 aliphatic carbocycles. The number of hydrogen-bond donors (Lipinski definition) is 2. The van der Waals surface area contributed by atoms with E-state index in [0.29, 0.717) is 12.6 Å². The Hall–Kier alpha value is -1.02. The van der Waals surface area contributed by atoms with Crippen LogP contribution in [0.2, 0.25) is 0 Å². The van der Waals surface area contributed by atoms with Crippen LogP contribution in [0.15, 0.2) is 0 Å². The lowest BCUT2D eigenvalue weighted by molar-refractivity contribution is -0.125. The highest BCUT2D eigenvalue weighted by atomic mass is 32.1. The SMILES string of the molecule is Cc1nc(CCNC(=O)[C@@H]2CC[C@H](N)CN(C3CCOCC3)C2)sc1C. The van der Waals surface area contributed by atoms with Gasteiger partial charge in [-0.15, -0.1) is 11.3 Å². The first-order valence-corrected chi connectivity index (χ1v) is 10.6. The minimum Gasteiger partial charge on any atom is -0.381 e. The summed E-state index contributed by atoms with van der Waals surface area (Å²) >= 11 is 1.73. The maximum Gasteiger partial charge on any atom is 0.224 e. The van der Waals surface area contributed by atoms with E-state index < -0.39 is 0 Å². The smallest absolute Gasteiger partial charge is 0.224 e. The Morgan fingerprint density at radius 3 is 2.73 bits per heavy atom. The van der Waals surface area contributed by atoms with Crippen LogP contribution in [-0.4, -0.2) is 60.7 Å². The van der Waals surface area contributed by atoms with Gasteiger partial charge in [-0.1, -0.05) is 0 Å². The Morgan fingerprint density at radius 2 is 2.04 bits per heavy atom. The van der Waals surface area contributed by atoms with E-state index in [9.17, 15) is 4.79 Å². The zero-order valence-electron chi connectivity index (χ0n) is 16.0. The van der Waals surface area contributed by atoms with Gasteiger partial charge in [-0.05, 0) is 39.5 Å². The fourth-order valence-corrected chi connectivity index (χ4v) is 4.84. The third-order valence-corrected chi connectivity index (χ3v) is 6.73. The number of nitrogens with zero attached hydrogens (tertiary/aromatic N) is 2. The van der Waals surface area contributed by atoms with Crippen molar-refractivity contribution in [3.8, 4) is 0 Å². The average Bonchev–Trinajstić information content (AvgIpc) is 2.83. The predicted molar refractivity (Wildman–Crippen MR) is 104 cm³/mol. The lowest BCUT2D eigenvalue weighted by Gasteiger charge is -2.35. The highest BCUT2D eigenvalue weighted by Crippen LogP contribution is 2.23. The second-order valence-electron chi connectivity index (χ2n) is 7.62. The molecule has 3 N–H and O–H groups in total. The molecule has 1 aromatic heterocycles. The molecule has 2 aliphatic rings. The topological polar surface area (TPSA) is 80.5 Å². The van der Waals surface area contributed by atoms with E-state index in [4.69, 9.17) is 10.5 Å². The minimum atomic E-state index is 0.0335. The van der Waals surface area contributed by atoms with E-state index in [1.54, 1.807) is 11.3 Å². The first kappa shape index (κ1) is 19.7. The fourth-order valence-electron chi connectivity index (χ4n) is 3.90. The van der Waals surface area contributed by atoms with E-state index in [2.05, 4.69) is 22.1 Å². The van der Waals surface area contributed by atoms with Gasteiger partial charge in [0, 0.05) is 56.2 Å². The van der Waals surface area contributed by atoms with Gasteiger partial charge < -0.3 is 15.8 Å². The summed E-state index contributed by atoms with van der Waals surface area (Å²) in [6.45, 7) is 8.14. The van der Waals surface area contributed by atoms with Crippen LogP contribution in [0.25, 0.3) is 0 Å². The molecule has 1 aromatic rings. The zero-order chi connectivity index (χ0) is 18.5. The molecule has 0 bridgehead atoms. The van der Waals surface area contributed by atoms with Gasteiger partial charge in [0.1, 0.15) is 0 Å². The molecule has 0 unspecified atom stereocenters. The maximum atomic E-state index is 12.7. The number of carbonyl (C=O) groups is 1. The van der Waals surface area contributed by atoms with E-state index in [1.165, 1.54) is 4.88 Å². The summed E-state index contributed by atoms with van der Waals surface area (Å²) in [6.07, 6.45) is 4.69. The summed E-state index contributed by atoms with van der Waals surface area (Å²) in [4.78, 5) is 21.0. The molecular weight excluding hydrogens is 348 g/mol. The molecule has 7 heteroatoms. The standard InChI is InChI=1S/C19H32N4O2S/c1-13-14(2)26-18(22-13)5-8-21-19(24)15-3-4-16(20)12-23(11-15)17-6-9-25-10-7-17/h15-17H,3-12,20H2,1-2H3,(H,21,24)/t15-,16+/m1/s1. The summed E-state index contributed by atoms with van der Waals surface area (Å²) < 4.78 is 5.49. The van der Waals surface area contributed by atoms with Crippen molar-refractivity contribution in [3.05, 3.63) is 15.6 Å². The van der Waals surface area contributed by atoms with Gasteiger partial charge >= 0.3 is 0 Å². The van der Waals surface area contributed by atoms with Crippen molar-refractivity contribution in [2.75, 3.05) is 32.8 Å². The van der Waals surface area contributed by atoms with Crippen molar-refractivity contribution in [1.82, 2.24) is 15.2 Å². The number of aryl methyl sites for hydroxylation is 2.